The van der Waals surface area contributed by atoms with Gasteiger partial charge in [-0.25, -0.2) is 8.42 Å². The van der Waals surface area contributed by atoms with Crippen LogP contribution in [0, 0.1) is 0 Å². The molecule has 1 aromatic rings. The van der Waals surface area contributed by atoms with E-state index < -0.39 is 15.3 Å². The van der Waals surface area contributed by atoms with Crippen molar-refractivity contribution in [2.75, 3.05) is 23.7 Å². The Morgan fingerprint density at radius 2 is 1.88 bits per heavy atom. The topological polar surface area (TPSA) is 49.4 Å². The minimum atomic E-state index is -3.32. The molecule has 0 amide bonds. The summed E-state index contributed by atoms with van der Waals surface area (Å²) in [7, 11) is 0.421. The summed E-state index contributed by atoms with van der Waals surface area (Å²) >= 11 is 3.34. The Labute approximate surface area is 111 Å². The van der Waals surface area contributed by atoms with E-state index in [0.717, 1.165) is 10.2 Å². The number of sulfonamides is 1. The van der Waals surface area contributed by atoms with Gasteiger partial charge in [-0.3, -0.25) is 4.72 Å². The Morgan fingerprint density at radius 3 is 2.35 bits per heavy atom. The van der Waals surface area contributed by atoms with Gasteiger partial charge in [0.25, 0.3) is 0 Å². The van der Waals surface area contributed by atoms with Crippen LogP contribution in [0.15, 0.2) is 22.7 Å². The van der Waals surface area contributed by atoms with Crippen molar-refractivity contribution < 1.29 is 8.42 Å². The number of hydrogen-bond acceptors (Lipinski definition) is 3. The van der Waals surface area contributed by atoms with Gasteiger partial charge in [-0.05, 0) is 32.0 Å². The van der Waals surface area contributed by atoms with Crippen molar-refractivity contribution >= 4 is 37.3 Å². The van der Waals surface area contributed by atoms with Crippen molar-refractivity contribution in [3.05, 3.63) is 22.7 Å². The van der Waals surface area contributed by atoms with Crippen molar-refractivity contribution in [3.8, 4) is 0 Å². The lowest BCUT2D eigenvalue weighted by Crippen LogP contribution is -2.24. The first-order valence-electron chi connectivity index (χ1n) is 5.22. The summed E-state index contributed by atoms with van der Waals surface area (Å²) in [4.78, 5) is 1.87. The molecule has 0 aliphatic rings. The Morgan fingerprint density at radius 1 is 1.29 bits per heavy atom. The molecule has 0 spiro atoms. The Bertz CT molecular complexity index is 498. The minimum Gasteiger partial charge on any atom is -0.376 e. The van der Waals surface area contributed by atoms with Crippen LogP contribution >= 0.6 is 15.9 Å². The lowest BCUT2D eigenvalue weighted by atomic mass is 10.2. The second-order valence-corrected chi connectivity index (χ2v) is 7.40. The molecule has 0 radical (unpaired) electrons. The van der Waals surface area contributed by atoms with E-state index in [4.69, 9.17) is 0 Å². The van der Waals surface area contributed by atoms with Crippen LogP contribution in [0.3, 0.4) is 0 Å². The van der Waals surface area contributed by atoms with Crippen molar-refractivity contribution in [1.29, 1.82) is 0 Å². The molecule has 0 saturated heterocycles. The maximum Gasteiger partial charge on any atom is 0.235 e. The summed E-state index contributed by atoms with van der Waals surface area (Å²) in [6.45, 7) is 3.30. The van der Waals surface area contributed by atoms with Crippen LogP contribution in [-0.2, 0) is 10.0 Å². The monoisotopic (exact) mass is 320 g/mol. The zero-order valence-electron chi connectivity index (χ0n) is 10.4. The van der Waals surface area contributed by atoms with Crippen molar-refractivity contribution in [2.45, 2.75) is 19.1 Å². The van der Waals surface area contributed by atoms with Crippen LogP contribution in [-0.4, -0.2) is 27.8 Å². The number of hydrogen-bond donors (Lipinski definition) is 1. The van der Waals surface area contributed by atoms with E-state index in [0.29, 0.717) is 5.69 Å². The molecule has 0 aliphatic heterocycles. The number of nitrogens with one attached hydrogen (secondary N) is 1. The first kappa shape index (κ1) is 14.3. The molecule has 0 atom stereocenters. The molecule has 6 heteroatoms. The summed E-state index contributed by atoms with van der Waals surface area (Å²) in [5.74, 6) is 0. The van der Waals surface area contributed by atoms with Gasteiger partial charge < -0.3 is 4.90 Å². The highest BCUT2D eigenvalue weighted by molar-refractivity contribution is 9.10. The van der Waals surface area contributed by atoms with Gasteiger partial charge in [0, 0.05) is 18.6 Å². The van der Waals surface area contributed by atoms with Crippen molar-refractivity contribution in [3.63, 3.8) is 0 Å². The molecule has 0 saturated carbocycles. The summed E-state index contributed by atoms with van der Waals surface area (Å²) < 4.78 is 27.1. The minimum absolute atomic E-state index is 0.462. The van der Waals surface area contributed by atoms with Gasteiger partial charge in [0.05, 0.1) is 16.6 Å². The van der Waals surface area contributed by atoms with E-state index in [9.17, 15) is 8.42 Å². The smallest absolute Gasteiger partial charge is 0.235 e. The average Bonchev–Trinajstić information content (AvgIpc) is 2.15. The summed E-state index contributed by atoms with van der Waals surface area (Å²) in [5, 5.41) is -0.462. The Kier molecular flexibility index (Phi) is 4.43. The predicted octanol–water partition coefficient (Wildman–Crippen LogP) is 2.67. The van der Waals surface area contributed by atoms with E-state index in [1.807, 2.05) is 31.1 Å². The van der Waals surface area contributed by atoms with E-state index in [2.05, 4.69) is 20.7 Å². The fourth-order valence-corrected chi connectivity index (χ4v) is 2.32. The molecule has 0 unspecified atom stereocenters. The van der Waals surface area contributed by atoms with Gasteiger partial charge in [-0.15, -0.1) is 0 Å². The molecule has 17 heavy (non-hydrogen) atoms. The van der Waals surface area contributed by atoms with Crippen molar-refractivity contribution in [2.24, 2.45) is 0 Å². The third-order valence-corrected chi connectivity index (χ3v) is 4.55. The number of benzene rings is 1. The number of rotatable bonds is 4. The van der Waals surface area contributed by atoms with Crippen LogP contribution in [0.5, 0.6) is 0 Å². The van der Waals surface area contributed by atoms with Gasteiger partial charge in [0.1, 0.15) is 0 Å². The molecule has 4 nitrogen and oxygen atoms in total. The maximum atomic E-state index is 11.8. The Balaban J connectivity index is 3.18. The van der Waals surface area contributed by atoms with E-state index >= 15 is 0 Å². The highest BCUT2D eigenvalue weighted by atomic mass is 79.9. The van der Waals surface area contributed by atoms with Gasteiger partial charge in [0.2, 0.25) is 10.0 Å². The van der Waals surface area contributed by atoms with Crippen LogP contribution in [0.2, 0.25) is 0 Å². The molecule has 0 fully saturated rings. The molecule has 0 aliphatic carbocycles. The van der Waals surface area contributed by atoms with Crippen molar-refractivity contribution in [1.82, 2.24) is 0 Å². The van der Waals surface area contributed by atoms with Gasteiger partial charge in [-0.2, -0.15) is 0 Å². The standard InChI is InChI=1S/C11H17BrN2O2S/c1-8(2)17(15,16)13-10-7-9(12)5-6-11(10)14(3)4/h5-8,13H,1-4H3. The molecule has 0 bridgehead atoms. The summed E-state index contributed by atoms with van der Waals surface area (Å²) in [6.07, 6.45) is 0. The lowest BCUT2D eigenvalue weighted by molar-refractivity contribution is 0.593. The zero-order chi connectivity index (χ0) is 13.2. The third-order valence-electron chi connectivity index (χ3n) is 2.31. The van der Waals surface area contributed by atoms with Gasteiger partial charge >= 0.3 is 0 Å². The largest absolute Gasteiger partial charge is 0.376 e. The summed E-state index contributed by atoms with van der Waals surface area (Å²) in [6, 6.07) is 5.50. The first-order chi connectivity index (χ1) is 7.74. The summed E-state index contributed by atoms with van der Waals surface area (Å²) in [5.41, 5.74) is 1.41. The molecule has 0 aromatic heterocycles. The second kappa shape index (κ2) is 5.27. The van der Waals surface area contributed by atoms with Gasteiger partial charge in [-0.1, -0.05) is 15.9 Å². The van der Waals surface area contributed by atoms with E-state index in [1.54, 1.807) is 19.9 Å². The zero-order valence-corrected chi connectivity index (χ0v) is 12.8. The molecular formula is C11H17BrN2O2S. The molecule has 1 N–H and O–H groups in total. The number of nitrogens with zero attached hydrogens (tertiary/aromatic N) is 1. The fraction of sp³-hybridized carbons (Fsp3) is 0.455. The normalized spacial score (nSPS) is 11.6. The quantitative estimate of drug-likeness (QED) is 0.927. The van der Waals surface area contributed by atoms with E-state index in [-0.39, 0.29) is 0 Å². The Hall–Kier alpha value is -0.750. The van der Waals surface area contributed by atoms with Crippen LogP contribution in [0.4, 0.5) is 11.4 Å². The maximum absolute atomic E-state index is 11.8. The average molecular weight is 321 g/mol. The van der Waals surface area contributed by atoms with Crippen LogP contribution in [0.1, 0.15) is 13.8 Å². The number of halogens is 1. The first-order valence-corrected chi connectivity index (χ1v) is 7.56. The lowest BCUT2D eigenvalue weighted by Gasteiger charge is -2.19. The molecule has 1 rings (SSSR count). The molecule has 96 valence electrons. The van der Waals surface area contributed by atoms with Crippen LogP contribution in [0.25, 0.3) is 0 Å². The highest BCUT2D eigenvalue weighted by Gasteiger charge is 2.18. The molecular weight excluding hydrogens is 304 g/mol. The fourth-order valence-electron chi connectivity index (χ4n) is 1.25. The molecule has 1 aromatic carbocycles. The second-order valence-electron chi connectivity index (χ2n) is 4.25. The highest BCUT2D eigenvalue weighted by Crippen LogP contribution is 2.29. The third kappa shape index (κ3) is 3.61. The van der Waals surface area contributed by atoms with Crippen LogP contribution < -0.4 is 9.62 Å². The molecule has 0 heterocycles. The number of anilines is 2. The SMILES string of the molecule is CC(C)S(=O)(=O)Nc1cc(Br)ccc1N(C)C. The van der Waals surface area contributed by atoms with Gasteiger partial charge in [0.15, 0.2) is 0 Å². The predicted molar refractivity (Wildman–Crippen MR) is 76.1 cm³/mol. The van der Waals surface area contributed by atoms with E-state index in [1.165, 1.54) is 0 Å².